The number of carbonyl (C=O) groups is 2. The molecule has 0 aliphatic heterocycles. The third kappa shape index (κ3) is 5.78. The third-order valence-electron chi connectivity index (χ3n) is 2.82. The molecule has 0 fully saturated rings. The van der Waals surface area contributed by atoms with Crippen LogP contribution in [0.3, 0.4) is 0 Å². The van der Waals surface area contributed by atoms with Gasteiger partial charge in [0.15, 0.2) is 0 Å². The van der Waals surface area contributed by atoms with E-state index in [1.165, 1.54) is 6.20 Å². The van der Waals surface area contributed by atoms with Crippen LogP contribution in [0.5, 0.6) is 0 Å². The summed E-state index contributed by atoms with van der Waals surface area (Å²) in [4.78, 5) is 27.6. The molecule has 2 N–H and O–H groups in total. The van der Waals surface area contributed by atoms with Crippen LogP contribution in [0.1, 0.15) is 23.7 Å². The molecule has 23 heavy (non-hydrogen) atoms. The van der Waals surface area contributed by atoms with Crippen molar-refractivity contribution in [3.63, 3.8) is 0 Å². The van der Waals surface area contributed by atoms with Crippen LogP contribution in [0.15, 0.2) is 53.9 Å². The Bertz CT molecular complexity index is 715. The number of nitrogens with zero attached hydrogens (tertiary/aromatic N) is 2. The molecule has 0 atom stereocenters. The molecular weight excluding hydrogens is 407 g/mol. The number of anilines is 1. The Morgan fingerprint density at radius 1 is 1.22 bits per heavy atom. The molecular formula is C16H15IN4O2. The molecule has 6 nitrogen and oxygen atoms in total. The second kappa shape index (κ2) is 8.37. The normalized spacial score (nSPS) is 11.0. The monoisotopic (exact) mass is 422 g/mol. The summed E-state index contributed by atoms with van der Waals surface area (Å²) in [5, 5.41) is 6.70. The maximum Gasteiger partial charge on any atom is 0.272 e. The Kier molecular flexibility index (Phi) is 6.21. The average molecular weight is 422 g/mol. The molecule has 1 heterocycles. The van der Waals surface area contributed by atoms with Gasteiger partial charge in [-0.05, 0) is 65.9 Å². The van der Waals surface area contributed by atoms with Gasteiger partial charge in [-0.2, -0.15) is 5.10 Å². The van der Waals surface area contributed by atoms with Crippen molar-refractivity contribution < 1.29 is 9.59 Å². The van der Waals surface area contributed by atoms with Crippen molar-refractivity contribution in [1.29, 1.82) is 0 Å². The van der Waals surface area contributed by atoms with Crippen LogP contribution in [-0.4, -0.2) is 22.5 Å². The zero-order valence-corrected chi connectivity index (χ0v) is 14.6. The van der Waals surface area contributed by atoms with Gasteiger partial charge in [-0.25, -0.2) is 5.43 Å². The van der Waals surface area contributed by atoms with Crippen LogP contribution in [-0.2, 0) is 4.79 Å². The van der Waals surface area contributed by atoms with E-state index in [9.17, 15) is 9.59 Å². The first-order chi connectivity index (χ1) is 11.0. The first kappa shape index (κ1) is 17.1. The Morgan fingerprint density at radius 2 is 1.96 bits per heavy atom. The van der Waals surface area contributed by atoms with Crippen molar-refractivity contribution in [2.75, 3.05) is 5.32 Å². The molecule has 0 radical (unpaired) electrons. The topological polar surface area (TPSA) is 83.5 Å². The Labute approximate surface area is 147 Å². The number of benzene rings is 1. The largest absolute Gasteiger partial charge is 0.326 e. The van der Waals surface area contributed by atoms with Gasteiger partial charge >= 0.3 is 0 Å². The Balaban J connectivity index is 1.85. The molecule has 0 bridgehead atoms. The summed E-state index contributed by atoms with van der Waals surface area (Å²) in [7, 11) is 0. The number of aromatic nitrogens is 1. The number of hydrogen-bond donors (Lipinski definition) is 2. The minimum atomic E-state index is -0.365. The van der Waals surface area contributed by atoms with Gasteiger partial charge in [0.05, 0.1) is 12.0 Å². The van der Waals surface area contributed by atoms with E-state index in [4.69, 9.17) is 0 Å². The van der Waals surface area contributed by atoms with Crippen LogP contribution in [0.25, 0.3) is 0 Å². The highest BCUT2D eigenvalue weighted by Crippen LogP contribution is 2.11. The summed E-state index contributed by atoms with van der Waals surface area (Å²) in [5.74, 6) is -0.557. The fraction of sp³-hybridized carbons (Fsp3) is 0.125. The Morgan fingerprint density at radius 3 is 2.61 bits per heavy atom. The lowest BCUT2D eigenvalue weighted by molar-refractivity contribution is -0.115. The number of rotatable bonds is 5. The van der Waals surface area contributed by atoms with Crippen LogP contribution < -0.4 is 10.7 Å². The maximum atomic E-state index is 11.9. The second-order valence-corrected chi connectivity index (χ2v) is 6.01. The zero-order chi connectivity index (χ0) is 16.7. The lowest BCUT2D eigenvalue weighted by Crippen LogP contribution is -2.21. The second-order valence-electron chi connectivity index (χ2n) is 4.76. The van der Waals surface area contributed by atoms with Crippen LogP contribution in [0, 0.1) is 3.57 Å². The number of pyridine rings is 1. The first-order valence-electron chi connectivity index (χ1n) is 6.83. The van der Waals surface area contributed by atoms with Crippen LogP contribution in [0.2, 0.25) is 0 Å². The predicted octanol–water partition coefficient (Wildman–Crippen LogP) is 2.82. The minimum absolute atomic E-state index is 0.0965. The van der Waals surface area contributed by atoms with Gasteiger partial charge in [-0.3, -0.25) is 14.6 Å². The van der Waals surface area contributed by atoms with Gasteiger partial charge in [-0.1, -0.05) is 0 Å². The molecule has 0 aliphatic carbocycles. The van der Waals surface area contributed by atoms with E-state index in [1.54, 1.807) is 25.3 Å². The van der Waals surface area contributed by atoms with E-state index in [-0.39, 0.29) is 18.2 Å². The summed E-state index contributed by atoms with van der Waals surface area (Å²) >= 11 is 2.20. The molecule has 7 heteroatoms. The molecule has 0 aliphatic rings. The van der Waals surface area contributed by atoms with E-state index >= 15 is 0 Å². The van der Waals surface area contributed by atoms with Gasteiger partial charge in [0.2, 0.25) is 5.91 Å². The van der Waals surface area contributed by atoms with Gasteiger partial charge < -0.3 is 5.32 Å². The highest BCUT2D eigenvalue weighted by Gasteiger charge is 2.07. The fourth-order valence-electron chi connectivity index (χ4n) is 1.72. The number of amides is 2. The highest BCUT2D eigenvalue weighted by atomic mass is 127. The summed E-state index contributed by atoms with van der Waals surface area (Å²) in [6.45, 7) is 1.68. The average Bonchev–Trinajstić information content (AvgIpc) is 2.55. The van der Waals surface area contributed by atoms with Crippen molar-refractivity contribution in [2.24, 2.45) is 5.10 Å². The highest BCUT2D eigenvalue weighted by molar-refractivity contribution is 14.1. The molecule has 0 saturated carbocycles. The first-order valence-corrected chi connectivity index (χ1v) is 7.91. The van der Waals surface area contributed by atoms with Crippen molar-refractivity contribution >= 4 is 45.8 Å². The van der Waals surface area contributed by atoms with E-state index in [2.05, 4.69) is 43.4 Å². The number of nitrogens with one attached hydrogen (secondary N) is 2. The fourth-order valence-corrected chi connectivity index (χ4v) is 2.08. The summed E-state index contributed by atoms with van der Waals surface area (Å²) in [6, 6.07) is 10.8. The van der Waals surface area contributed by atoms with E-state index in [0.717, 1.165) is 9.26 Å². The summed E-state index contributed by atoms with van der Waals surface area (Å²) in [6.07, 6.45) is 3.13. The van der Waals surface area contributed by atoms with Crippen molar-refractivity contribution in [2.45, 2.75) is 13.3 Å². The molecule has 1 aromatic carbocycles. The van der Waals surface area contributed by atoms with E-state index < -0.39 is 0 Å². The van der Waals surface area contributed by atoms with Crippen molar-refractivity contribution in [3.05, 3.63) is 57.9 Å². The van der Waals surface area contributed by atoms with Crippen molar-refractivity contribution in [3.8, 4) is 0 Å². The number of hydrogen-bond acceptors (Lipinski definition) is 4. The summed E-state index contributed by atoms with van der Waals surface area (Å²) < 4.78 is 1.09. The van der Waals surface area contributed by atoms with E-state index in [1.807, 2.05) is 24.3 Å². The quantitative estimate of drug-likeness (QED) is 0.442. The standard InChI is InChI=1S/C16H15IN4O2/c1-11(20-21-16(23)12-3-2-8-18-10-12)9-15(22)19-14-6-4-13(17)5-7-14/h2-8,10H,9H2,1H3,(H,19,22)(H,21,23)/b20-11-. The third-order valence-corrected chi connectivity index (χ3v) is 3.54. The molecule has 2 rings (SSSR count). The van der Waals surface area contributed by atoms with E-state index in [0.29, 0.717) is 11.3 Å². The van der Waals surface area contributed by atoms with Crippen LogP contribution in [0.4, 0.5) is 5.69 Å². The lowest BCUT2D eigenvalue weighted by atomic mass is 10.2. The van der Waals surface area contributed by atoms with Gasteiger partial charge in [0.1, 0.15) is 0 Å². The minimum Gasteiger partial charge on any atom is -0.326 e. The summed E-state index contributed by atoms with van der Waals surface area (Å²) in [5.41, 5.74) is 4.04. The molecule has 0 saturated heterocycles. The van der Waals surface area contributed by atoms with Gasteiger partial charge in [0, 0.05) is 27.4 Å². The number of hydrazone groups is 1. The lowest BCUT2D eigenvalue weighted by Gasteiger charge is -2.05. The smallest absolute Gasteiger partial charge is 0.272 e. The van der Waals surface area contributed by atoms with Crippen LogP contribution >= 0.6 is 22.6 Å². The Hall–Kier alpha value is -2.29. The maximum absolute atomic E-state index is 11.9. The van der Waals surface area contributed by atoms with Gasteiger partial charge in [-0.15, -0.1) is 0 Å². The molecule has 0 unspecified atom stereocenters. The zero-order valence-electron chi connectivity index (χ0n) is 12.4. The SMILES string of the molecule is C/C(CC(=O)Nc1ccc(I)cc1)=N/NC(=O)c1cccnc1. The molecule has 118 valence electrons. The molecule has 2 amide bonds. The molecule has 2 aromatic rings. The predicted molar refractivity (Wildman–Crippen MR) is 97.2 cm³/mol. The van der Waals surface area contributed by atoms with Crippen molar-refractivity contribution in [1.82, 2.24) is 10.4 Å². The molecule has 1 aromatic heterocycles. The number of halogens is 1. The molecule has 0 spiro atoms. The number of carbonyl (C=O) groups excluding carboxylic acids is 2. The van der Waals surface area contributed by atoms with Gasteiger partial charge in [0.25, 0.3) is 5.91 Å².